The van der Waals surface area contributed by atoms with E-state index >= 15 is 0 Å². The van der Waals surface area contributed by atoms with Crippen LogP contribution in [0.4, 0.5) is 0 Å². The summed E-state index contributed by atoms with van der Waals surface area (Å²) in [6.45, 7) is 8.50. The van der Waals surface area contributed by atoms with Gasteiger partial charge in [0.15, 0.2) is 0 Å². The van der Waals surface area contributed by atoms with Gasteiger partial charge in [0, 0.05) is 0 Å². The second-order valence-corrected chi connectivity index (χ2v) is 7.94. The molecule has 23 heavy (non-hydrogen) atoms. The van der Waals surface area contributed by atoms with Crippen LogP contribution in [0.5, 0.6) is 0 Å². The van der Waals surface area contributed by atoms with Crippen LogP contribution in [0.15, 0.2) is 11.6 Å². The number of rotatable bonds is 14. The van der Waals surface area contributed by atoms with Crippen molar-refractivity contribution in [2.45, 2.75) is 91.1 Å². The molecule has 0 spiro atoms. The Balaban J connectivity index is 3.65. The van der Waals surface area contributed by atoms with Gasteiger partial charge in [-0.15, -0.1) is 0 Å². The molecule has 0 aromatic carbocycles. The standard InChI is InChI=1S/C20H40O3/c1-17(10-6-12-19(16-22)13-15-21)8-5-9-18(2)11-7-14-20(3,4)23/h13,17-18,21-23H,5-12,14-16H2,1-4H3. The van der Waals surface area contributed by atoms with Gasteiger partial charge in [0.05, 0.1) is 18.8 Å². The van der Waals surface area contributed by atoms with E-state index < -0.39 is 5.60 Å². The maximum Gasteiger partial charge on any atom is 0.0642 e. The fourth-order valence-corrected chi connectivity index (χ4v) is 3.04. The minimum Gasteiger partial charge on any atom is -0.392 e. The summed E-state index contributed by atoms with van der Waals surface area (Å²) < 4.78 is 0. The summed E-state index contributed by atoms with van der Waals surface area (Å²) in [6, 6.07) is 0. The molecule has 2 unspecified atom stereocenters. The van der Waals surface area contributed by atoms with Gasteiger partial charge in [0.1, 0.15) is 0 Å². The van der Waals surface area contributed by atoms with Crippen LogP contribution < -0.4 is 0 Å². The van der Waals surface area contributed by atoms with Gasteiger partial charge in [0.25, 0.3) is 0 Å². The van der Waals surface area contributed by atoms with Gasteiger partial charge in [-0.05, 0) is 50.5 Å². The summed E-state index contributed by atoms with van der Waals surface area (Å²) in [5.41, 5.74) is 0.437. The lowest BCUT2D eigenvalue weighted by Gasteiger charge is -2.19. The largest absolute Gasteiger partial charge is 0.392 e. The molecule has 0 aliphatic heterocycles. The van der Waals surface area contributed by atoms with Crippen molar-refractivity contribution in [1.29, 1.82) is 0 Å². The third-order valence-electron chi connectivity index (χ3n) is 4.66. The summed E-state index contributed by atoms with van der Waals surface area (Å²) >= 11 is 0. The first kappa shape index (κ1) is 22.6. The highest BCUT2D eigenvalue weighted by Gasteiger charge is 2.13. The van der Waals surface area contributed by atoms with Gasteiger partial charge in [0.2, 0.25) is 0 Å². The quantitative estimate of drug-likeness (QED) is 0.413. The van der Waals surface area contributed by atoms with Gasteiger partial charge < -0.3 is 15.3 Å². The Morgan fingerprint density at radius 2 is 1.43 bits per heavy atom. The van der Waals surface area contributed by atoms with Crippen molar-refractivity contribution < 1.29 is 15.3 Å². The molecule has 0 saturated carbocycles. The molecule has 0 aliphatic rings. The van der Waals surface area contributed by atoms with E-state index in [0.29, 0.717) is 0 Å². The van der Waals surface area contributed by atoms with E-state index in [1.54, 1.807) is 6.08 Å². The second-order valence-electron chi connectivity index (χ2n) is 7.94. The zero-order chi connectivity index (χ0) is 17.7. The molecular formula is C20H40O3. The molecule has 0 aromatic heterocycles. The van der Waals surface area contributed by atoms with Crippen LogP contribution >= 0.6 is 0 Å². The predicted molar refractivity (Wildman–Crippen MR) is 98.4 cm³/mol. The maximum atomic E-state index is 9.72. The van der Waals surface area contributed by atoms with Crippen molar-refractivity contribution in [3.8, 4) is 0 Å². The molecule has 0 heterocycles. The van der Waals surface area contributed by atoms with Crippen LogP contribution in [0.25, 0.3) is 0 Å². The highest BCUT2D eigenvalue weighted by molar-refractivity contribution is 5.01. The average molecular weight is 329 g/mol. The molecule has 0 saturated heterocycles. The van der Waals surface area contributed by atoms with Crippen LogP contribution in [-0.4, -0.2) is 34.1 Å². The Labute approximate surface area is 143 Å². The van der Waals surface area contributed by atoms with Gasteiger partial charge in [-0.25, -0.2) is 0 Å². The molecule has 3 nitrogen and oxygen atoms in total. The minimum atomic E-state index is -0.522. The third kappa shape index (κ3) is 14.9. The first-order chi connectivity index (χ1) is 10.8. The number of hydrogen-bond donors (Lipinski definition) is 3. The van der Waals surface area contributed by atoms with E-state index in [0.717, 1.165) is 43.1 Å². The van der Waals surface area contributed by atoms with Crippen molar-refractivity contribution in [1.82, 2.24) is 0 Å². The fourth-order valence-electron chi connectivity index (χ4n) is 3.04. The van der Waals surface area contributed by atoms with Crippen molar-refractivity contribution in [2.24, 2.45) is 11.8 Å². The Kier molecular flexibility index (Phi) is 12.8. The van der Waals surface area contributed by atoms with Crippen molar-refractivity contribution in [3.05, 3.63) is 11.6 Å². The number of aliphatic hydroxyl groups is 3. The van der Waals surface area contributed by atoms with E-state index in [1.807, 2.05) is 13.8 Å². The summed E-state index contributed by atoms with van der Waals surface area (Å²) in [5.74, 6) is 1.48. The van der Waals surface area contributed by atoms with E-state index in [2.05, 4.69) is 13.8 Å². The van der Waals surface area contributed by atoms with Gasteiger partial charge >= 0.3 is 0 Å². The molecule has 0 amide bonds. The number of aliphatic hydroxyl groups excluding tert-OH is 2. The topological polar surface area (TPSA) is 60.7 Å². The summed E-state index contributed by atoms with van der Waals surface area (Å²) in [5, 5.41) is 27.7. The first-order valence-corrected chi connectivity index (χ1v) is 9.40. The predicted octanol–water partition coefficient (Wildman–Crippen LogP) is 4.45. The van der Waals surface area contributed by atoms with Crippen LogP contribution in [0.1, 0.15) is 85.5 Å². The fraction of sp³-hybridized carbons (Fsp3) is 0.900. The Hall–Kier alpha value is -0.380. The Bertz CT molecular complexity index is 304. The lowest BCUT2D eigenvalue weighted by atomic mass is 9.91. The van der Waals surface area contributed by atoms with Crippen LogP contribution in [-0.2, 0) is 0 Å². The normalized spacial score (nSPS) is 15.7. The summed E-state index contributed by atoms with van der Waals surface area (Å²) in [4.78, 5) is 0. The molecule has 0 aromatic rings. The average Bonchev–Trinajstić information content (AvgIpc) is 2.45. The van der Waals surface area contributed by atoms with Crippen molar-refractivity contribution >= 4 is 0 Å². The minimum absolute atomic E-state index is 0.0246. The molecular weight excluding hydrogens is 288 g/mol. The molecule has 2 atom stereocenters. The highest BCUT2D eigenvalue weighted by Crippen LogP contribution is 2.22. The van der Waals surface area contributed by atoms with Gasteiger partial charge in [-0.2, -0.15) is 0 Å². The molecule has 0 fully saturated rings. The molecule has 0 rings (SSSR count). The van der Waals surface area contributed by atoms with Gasteiger partial charge in [-0.1, -0.05) is 58.4 Å². The van der Waals surface area contributed by atoms with Crippen molar-refractivity contribution in [2.75, 3.05) is 13.2 Å². The molecule has 138 valence electrons. The monoisotopic (exact) mass is 328 g/mol. The molecule has 0 radical (unpaired) electrons. The lowest BCUT2D eigenvalue weighted by molar-refractivity contribution is 0.0668. The molecule has 3 heteroatoms. The van der Waals surface area contributed by atoms with Crippen LogP contribution in [0, 0.1) is 11.8 Å². The lowest BCUT2D eigenvalue weighted by Crippen LogP contribution is -2.18. The summed E-state index contributed by atoms with van der Waals surface area (Å²) in [7, 11) is 0. The third-order valence-corrected chi connectivity index (χ3v) is 4.66. The van der Waals surface area contributed by atoms with E-state index in [1.165, 1.54) is 32.1 Å². The maximum absolute atomic E-state index is 9.72. The Morgan fingerprint density at radius 3 is 1.91 bits per heavy atom. The second kappa shape index (κ2) is 13.0. The molecule has 0 bridgehead atoms. The zero-order valence-electron chi connectivity index (χ0n) is 15.9. The SMILES string of the molecule is CC(CCCC(=CCO)CO)CCCC(C)CCCC(C)(C)O. The van der Waals surface area contributed by atoms with Crippen LogP contribution in [0.3, 0.4) is 0 Å². The Morgan fingerprint density at radius 1 is 0.913 bits per heavy atom. The van der Waals surface area contributed by atoms with Crippen molar-refractivity contribution in [3.63, 3.8) is 0 Å². The van der Waals surface area contributed by atoms with E-state index in [-0.39, 0.29) is 13.2 Å². The highest BCUT2D eigenvalue weighted by atomic mass is 16.3. The van der Waals surface area contributed by atoms with Crippen LogP contribution in [0.2, 0.25) is 0 Å². The first-order valence-electron chi connectivity index (χ1n) is 9.40. The smallest absolute Gasteiger partial charge is 0.0642 e. The molecule has 3 N–H and O–H groups in total. The van der Waals surface area contributed by atoms with E-state index in [4.69, 9.17) is 10.2 Å². The van der Waals surface area contributed by atoms with E-state index in [9.17, 15) is 5.11 Å². The zero-order valence-corrected chi connectivity index (χ0v) is 15.9. The number of hydrogen-bond acceptors (Lipinski definition) is 3. The summed E-state index contributed by atoms with van der Waals surface area (Å²) in [6.07, 6.45) is 12.0. The molecule has 0 aliphatic carbocycles. The van der Waals surface area contributed by atoms with Gasteiger partial charge in [-0.3, -0.25) is 0 Å².